The first-order valence-corrected chi connectivity index (χ1v) is 15.4. The second kappa shape index (κ2) is 12.6. The Labute approximate surface area is 313 Å². The van der Waals surface area contributed by atoms with E-state index in [9.17, 15) is 35.1 Å². The first-order chi connectivity index (χ1) is 26.4. The third kappa shape index (κ3) is 4.89. The molecular formula is C32H10CoF16N8. The Kier molecular flexibility index (Phi) is 8.39. The van der Waals surface area contributed by atoms with Crippen LogP contribution >= 0.6 is 0 Å². The van der Waals surface area contributed by atoms with Crippen molar-refractivity contribution in [3.63, 3.8) is 0 Å². The van der Waals surface area contributed by atoms with Gasteiger partial charge in [-0.2, -0.15) is 0 Å². The summed E-state index contributed by atoms with van der Waals surface area (Å²) in [6, 6.07) is 0. The average Bonchev–Trinajstić information content (AvgIpc) is 3.92. The molecule has 0 fully saturated rings. The van der Waals surface area contributed by atoms with Crippen molar-refractivity contribution >= 4 is 44.8 Å². The Bertz CT molecular complexity index is 2580. The number of nitrogens with one attached hydrogen (secondary N) is 6. The molecule has 299 valence electrons. The molecule has 2 aromatic carbocycles. The van der Waals surface area contributed by atoms with Crippen LogP contribution in [0.4, 0.5) is 93.5 Å². The van der Waals surface area contributed by atoms with Gasteiger partial charge in [-0.3, -0.25) is 0 Å². The summed E-state index contributed by atoms with van der Waals surface area (Å²) in [6.45, 7) is 0. The maximum atomic E-state index is 15.5. The van der Waals surface area contributed by atoms with Gasteiger partial charge in [-0.1, -0.05) is 0 Å². The molecule has 2 aromatic heterocycles. The van der Waals surface area contributed by atoms with E-state index in [0.717, 1.165) is 0 Å². The number of nitrogens with zero attached hydrogens (tertiary/aromatic N) is 2. The van der Waals surface area contributed by atoms with Crippen molar-refractivity contribution in [1.82, 2.24) is 20.6 Å². The zero-order valence-electron chi connectivity index (χ0n) is 26.6. The van der Waals surface area contributed by atoms with Crippen LogP contribution in [0.1, 0.15) is 0 Å². The van der Waals surface area contributed by atoms with Crippen molar-refractivity contribution in [1.29, 1.82) is 0 Å². The fraction of sp³-hybridized carbons (Fsp3) is 0.125. The average molecular weight is 869 g/mol. The summed E-state index contributed by atoms with van der Waals surface area (Å²) < 4.78 is 241. The number of rotatable bonds is 0. The third-order valence-corrected chi connectivity index (χ3v) is 9.64. The zero-order chi connectivity index (χ0) is 40.1. The van der Waals surface area contributed by atoms with E-state index in [1.807, 2.05) is 0 Å². The number of aromatic nitrogens is 2. The van der Waals surface area contributed by atoms with Gasteiger partial charge in [0.15, 0.2) is 81.5 Å². The number of fused-ring (bicyclic) bond motifs is 18. The minimum absolute atomic E-state index is 0. The molecule has 25 heteroatoms. The Morgan fingerprint density at radius 3 is 0.965 bits per heavy atom. The quantitative estimate of drug-likeness (QED) is 0.0595. The number of halogens is 16. The van der Waals surface area contributed by atoms with Crippen molar-refractivity contribution < 1.29 is 87.0 Å². The maximum Gasteiger partial charge on any atom is 2.00 e. The molecule has 1 radical (unpaired) electrons. The van der Waals surface area contributed by atoms with E-state index in [2.05, 4.69) is 41.9 Å². The standard InChI is InChI=1S/C32H10F16N8.Co/c33-9-1-2(10(34)18(42)17(9)41)26-49-25(1)53-27-3-4(12(36)20(44)19(43)11(3)35)29(50-27)55-31-7-8(16(40)24(48)23(47)15(7)39)32(52-31)56-30-6-5(28(51-30)54-26)13(37)21(45)22(46)14(6)38;/h1,7,25,31,49,52-56H;/q-2;+2. The Hall–Kier alpha value is -5.85. The number of hydrogen-bond acceptors (Lipinski definition) is 6. The molecular weight excluding hydrogens is 859 g/mol. The van der Waals surface area contributed by atoms with E-state index in [-0.39, 0.29) is 16.8 Å². The Morgan fingerprint density at radius 2 is 0.632 bits per heavy atom. The number of anilines is 4. The Morgan fingerprint density at radius 1 is 0.333 bits per heavy atom. The van der Waals surface area contributed by atoms with Crippen LogP contribution in [0.5, 0.6) is 0 Å². The summed E-state index contributed by atoms with van der Waals surface area (Å²) in [4.78, 5) is 7.52. The number of allylic oxidation sites excluding steroid dienone is 6. The molecule has 4 aromatic rings. The third-order valence-electron chi connectivity index (χ3n) is 9.64. The fourth-order valence-corrected chi connectivity index (χ4v) is 7.19. The first-order valence-electron chi connectivity index (χ1n) is 15.4. The predicted octanol–water partition coefficient (Wildman–Crippen LogP) is 8.52. The summed E-state index contributed by atoms with van der Waals surface area (Å²) in [5.41, 5.74) is -2.45. The van der Waals surface area contributed by atoms with Crippen LogP contribution in [0, 0.1) is 58.4 Å². The first kappa shape index (κ1) is 38.0. The number of benzene rings is 2. The van der Waals surface area contributed by atoms with Crippen LogP contribution < -0.4 is 41.9 Å². The monoisotopic (exact) mass is 869 g/mol. The van der Waals surface area contributed by atoms with Gasteiger partial charge in [0.2, 0.25) is 0 Å². The van der Waals surface area contributed by atoms with Crippen LogP contribution in [0.25, 0.3) is 21.5 Å². The molecule has 2 aliphatic carbocycles. The van der Waals surface area contributed by atoms with Gasteiger partial charge in [0.1, 0.15) is 11.7 Å². The molecule has 0 spiro atoms. The minimum Gasteiger partial charge on any atom is -0.421 e. The second-order valence-corrected chi connectivity index (χ2v) is 12.5. The van der Waals surface area contributed by atoms with Crippen molar-refractivity contribution in [2.75, 3.05) is 21.3 Å². The summed E-state index contributed by atoms with van der Waals surface area (Å²) in [5, 5.41) is 7.58. The van der Waals surface area contributed by atoms with E-state index in [4.69, 9.17) is 0 Å². The van der Waals surface area contributed by atoms with E-state index < -0.39 is 185 Å². The zero-order valence-corrected chi connectivity index (χ0v) is 27.6. The molecule has 8 bridgehead atoms. The van der Waals surface area contributed by atoms with Gasteiger partial charge in [-0.25, -0.2) is 70.2 Å². The molecule has 8 nitrogen and oxygen atoms in total. The van der Waals surface area contributed by atoms with Crippen molar-refractivity contribution in [3.8, 4) is 0 Å². The van der Waals surface area contributed by atoms with Crippen LogP contribution in [0.3, 0.4) is 0 Å². The molecule has 9 rings (SSSR count). The predicted molar refractivity (Wildman–Crippen MR) is 161 cm³/mol. The summed E-state index contributed by atoms with van der Waals surface area (Å²) in [7, 11) is 0. The van der Waals surface area contributed by atoms with Crippen LogP contribution in [0.15, 0.2) is 69.4 Å². The van der Waals surface area contributed by atoms with E-state index in [1.165, 1.54) is 0 Å². The summed E-state index contributed by atoms with van der Waals surface area (Å²) >= 11 is 0. The van der Waals surface area contributed by atoms with Crippen molar-refractivity contribution in [3.05, 3.63) is 116 Å². The fourth-order valence-electron chi connectivity index (χ4n) is 7.19. The number of hydrogen-bond donors (Lipinski definition) is 6. The van der Waals surface area contributed by atoms with Gasteiger partial charge >= 0.3 is 16.8 Å². The SMILES string of the molecule is FC1=C(F)C2=C3Nc4[n-]c(c5c(F)c(F)c(F)c(F)c45)NC4=C5C(F)=C(F)C(F)=C(F)C5C(N4)Nc4[n-]c(c5c(F)c(F)c(F)c(F)c45)NC(N3)C2C(F)=C1F.[Co+2]. The molecule has 3 aliphatic heterocycles. The van der Waals surface area contributed by atoms with Gasteiger partial charge in [-0.05, 0) is 0 Å². The van der Waals surface area contributed by atoms with Crippen LogP contribution in [-0.2, 0) is 16.8 Å². The molecule has 5 heterocycles. The molecule has 57 heavy (non-hydrogen) atoms. The van der Waals surface area contributed by atoms with Crippen LogP contribution in [0.2, 0.25) is 0 Å². The molecule has 0 saturated heterocycles. The molecule has 6 N–H and O–H groups in total. The maximum absolute atomic E-state index is 15.5. The summed E-state index contributed by atoms with van der Waals surface area (Å²) in [5.74, 6) is -48.4. The smallest absolute Gasteiger partial charge is 0.421 e. The van der Waals surface area contributed by atoms with E-state index >= 15 is 35.1 Å². The van der Waals surface area contributed by atoms with Gasteiger partial charge in [0.25, 0.3) is 0 Å². The molecule has 5 aliphatic rings. The second-order valence-electron chi connectivity index (χ2n) is 12.5. The van der Waals surface area contributed by atoms with E-state index in [1.54, 1.807) is 0 Å². The van der Waals surface area contributed by atoms with Crippen LogP contribution in [-0.4, -0.2) is 12.3 Å². The normalized spacial score (nSPS) is 23.0. The minimum atomic E-state index is -2.47. The summed E-state index contributed by atoms with van der Waals surface area (Å²) in [6.07, 6.45) is -4.33. The topological polar surface area (TPSA) is 100 Å². The molecule has 4 atom stereocenters. The van der Waals surface area contributed by atoms with E-state index in [0.29, 0.717) is 0 Å². The van der Waals surface area contributed by atoms with Gasteiger partial charge in [0.05, 0.1) is 35.8 Å². The van der Waals surface area contributed by atoms with Gasteiger partial charge in [-0.15, -0.1) is 0 Å². The van der Waals surface area contributed by atoms with Gasteiger partial charge < -0.3 is 41.9 Å². The largest absolute Gasteiger partial charge is 2.00 e. The molecule has 0 amide bonds. The molecule has 4 unspecified atom stereocenters. The van der Waals surface area contributed by atoms with Crippen molar-refractivity contribution in [2.45, 2.75) is 12.3 Å². The Balaban J connectivity index is 0.00000455. The van der Waals surface area contributed by atoms with Crippen molar-refractivity contribution in [2.24, 2.45) is 11.8 Å². The van der Waals surface area contributed by atoms with Gasteiger partial charge in [0, 0.05) is 56.0 Å². The molecule has 0 saturated carbocycles.